The maximum Gasteiger partial charge on any atom is 0.355 e. The molecule has 0 aliphatic rings. The van der Waals surface area contributed by atoms with Crippen molar-refractivity contribution >= 4 is 11.9 Å². The summed E-state index contributed by atoms with van der Waals surface area (Å²) in [5, 5.41) is 0. The van der Waals surface area contributed by atoms with Crippen LogP contribution >= 0.6 is 0 Å². The Morgan fingerprint density at radius 3 is 2.19 bits per heavy atom. The number of hydrogen-bond acceptors (Lipinski definition) is 5. The summed E-state index contributed by atoms with van der Waals surface area (Å²) in [7, 11) is 1.59. The van der Waals surface area contributed by atoms with Crippen LogP contribution in [0.5, 0.6) is 0 Å². The van der Waals surface area contributed by atoms with Gasteiger partial charge in [0, 0.05) is 24.9 Å². The number of methoxy groups -OCH3 is 1. The molecule has 0 saturated heterocycles. The van der Waals surface area contributed by atoms with E-state index in [1.54, 1.807) is 32.4 Å². The van der Waals surface area contributed by atoms with Crippen molar-refractivity contribution in [2.45, 2.75) is 27.3 Å². The molecule has 26 heavy (non-hydrogen) atoms. The molecule has 1 aromatic carbocycles. The van der Waals surface area contributed by atoms with Crippen molar-refractivity contribution in [1.29, 1.82) is 0 Å². The van der Waals surface area contributed by atoms with Gasteiger partial charge in [-0.3, -0.25) is 0 Å². The second-order valence-corrected chi connectivity index (χ2v) is 5.64. The van der Waals surface area contributed by atoms with Gasteiger partial charge in [-0.15, -0.1) is 0 Å². The first-order valence-corrected chi connectivity index (χ1v) is 8.68. The highest BCUT2D eigenvalue weighted by atomic mass is 16.5. The van der Waals surface area contributed by atoms with Gasteiger partial charge >= 0.3 is 11.9 Å². The smallest absolute Gasteiger partial charge is 0.355 e. The van der Waals surface area contributed by atoms with Crippen LogP contribution in [-0.2, 0) is 20.8 Å². The third-order valence-corrected chi connectivity index (χ3v) is 4.05. The topological polar surface area (TPSA) is 66.8 Å². The van der Waals surface area contributed by atoms with Gasteiger partial charge in [0.15, 0.2) is 0 Å². The summed E-state index contributed by atoms with van der Waals surface area (Å²) >= 11 is 0. The van der Waals surface area contributed by atoms with Crippen LogP contribution in [0.2, 0.25) is 0 Å². The van der Waals surface area contributed by atoms with Gasteiger partial charge in [0.05, 0.1) is 25.4 Å². The number of nitrogens with zero attached hydrogens (tertiary/aromatic N) is 1. The van der Waals surface area contributed by atoms with Gasteiger partial charge in [0.1, 0.15) is 5.69 Å². The molecule has 2 aromatic rings. The van der Waals surface area contributed by atoms with Crippen molar-refractivity contribution in [3.8, 4) is 11.1 Å². The number of esters is 2. The molecule has 1 aromatic heterocycles. The van der Waals surface area contributed by atoms with Crippen molar-refractivity contribution in [3.05, 3.63) is 47.3 Å². The minimum absolute atomic E-state index is 0.246. The molecule has 0 unspecified atom stereocenters. The van der Waals surface area contributed by atoms with Gasteiger partial charge in [-0.25, -0.2) is 9.59 Å². The van der Waals surface area contributed by atoms with Crippen LogP contribution in [0.1, 0.15) is 40.4 Å². The quantitative estimate of drug-likeness (QED) is 0.675. The van der Waals surface area contributed by atoms with Crippen molar-refractivity contribution in [1.82, 2.24) is 4.57 Å². The molecule has 0 radical (unpaired) electrons. The molecule has 2 rings (SSSR count). The zero-order valence-corrected chi connectivity index (χ0v) is 15.7. The summed E-state index contributed by atoms with van der Waals surface area (Å²) in [5.41, 5.74) is 2.68. The monoisotopic (exact) mass is 359 g/mol. The first-order valence-electron chi connectivity index (χ1n) is 8.68. The fraction of sp³-hybridized carbons (Fsp3) is 0.400. The fourth-order valence-electron chi connectivity index (χ4n) is 2.95. The number of carbonyl (C=O) groups is 2. The molecule has 1 heterocycles. The van der Waals surface area contributed by atoms with E-state index in [9.17, 15) is 9.59 Å². The predicted molar refractivity (Wildman–Crippen MR) is 98.4 cm³/mol. The van der Waals surface area contributed by atoms with Crippen molar-refractivity contribution in [2.24, 2.45) is 0 Å². The summed E-state index contributed by atoms with van der Waals surface area (Å²) in [6.45, 7) is 6.64. The van der Waals surface area contributed by atoms with E-state index in [0.29, 0.717) is 35.7 Å². The lowest BCUT2D eigenvalue weighted by molar-refractivity contribution is 0.0509. The number of carbonyl (C=O) groups excluding carboxylic acids is 2. The summed E-state index contributed by atoms with van der Waals surface area (Å²) in [6.07, 6.45) is 0. The first-order chi connectivity index (χ1) is 12.6. The van der Waals surface area contributed by atoms with Crippen molar-refractivity contribution in [3.63, 3.8) is 0 Å². The minimum atomic E-state index is -0.471. The molecule has 0 N–H and O–H groups in total. The number of ether oxygens (including phenoxy) is 3. The fourth-order valence-corrected chi connectivity index (χ4v) is 2.95. The van der Waals surface area contributed by atoms with Crippen LogP contribution in [-0.4, -0.2) is 43.4 Å². The highest BCUT2D eigenvalue weighted by molar-refractivity contribution is 6.06. The molecule has 6 nitrogen and oxygen atoms in total. The van der Waals surface area contributed by atoms with E-state index in [2.05, 4.69) is 0 Å². The second kappa shape index (κ2) is 9.20. The summed E-state index contributed by atoms with van der Waals surface area (Å²) in [5.74, 6) is -0.924. The molecular formula is C20H25NO5. The average molecular weight is 359 g/mol. The van der Waals surface area contributed by atoms with Crippen LogP contribution in [0.25, 0.3) is 11.1 Å². The third kappa shape index (κ3) is 3.96. The maximum atomic E-state index is 12.7. The number of aromatic nitrogens is 1. The molecule has 140 valence electrons. The summed E-state index contributed by atoms with van der Waals surface area (Å²) in [4.78, 5) is 25.4. The van der Waals surface area contributed by atoms with Gasteiger partial charge in [0.2, 0.25) is 0 Å². The molecule has 0 amide bonds. The summed E-state index contributed by atoms with van der Waals surface area (Å²) in [6, 6.07) is 9.33. The average Bonchev–Trinajstić information content (AvgIpc) is 2.93. The zero-order chi connectivity index (χ0) is 19.1. The SMILES string of the molecule is CCOC(=O)c1c(-c2ccccc2)c(C(=O)OCC)n(CCOC)c1C. The standard InChI is InChI=1S/C20H25NO5/c1-5-25-19(22)16-14(3)21(12-13-24-4)18(20(23)26-6-2)17(16)15-10-8-7-9-11-15/h7-11H,5-6,12-13H2,1-4H3. The Kier molecular flexibility index (Phi) is 6.97. The molecular weight excluding hydrogens is 334 g/mol. The molecule has 0 saturated carbocycles. The molecule has 0 bridgehead atoms. The second-order valence-electron chi connectivity index (χ2n) is 5.64. The van der Waals surface area contributed by atoms with Gasteiger partial charge in [-0.05, 0) is 26.3 Å². The Balaban J connectivity index is 2.77. The number of rotatable bonds is 8. The van der Waals surface area contributed by atoms with Crippen LogP contribution < -0.4 is 0 Å². The van der Waals surface area contributed by atoms with Crippen LogP contribution in [0.3, 0.4) is 0 Å². The molecule has 0 aliphatic heterocycles. The Morgan fingerprint density at radius 1 is 1.00 bits per heavy atom. The molecule has 0 spiro atoms. The maximum absolute atomic E-state index is 12.7. The van der Waals surface area contributed by atoms with Gasteiger partial charge in [-0.2, -0.15) is 0 Å². The Labute approximate surface area is 153 Å². The first kappa shape index (κ1) is 19.7. The van der Waals surface area contributed by atoms with E-state index < -0.39 is 11.9 Å². The lowest BCUT2D eigenvalue weighted by atomic mass is 10.00. The van der Waals surface area contributed by atoms with Gasteiger partial charge in [0.25, 0.3) is 0 Å². The van der Waals surface area contributed by atoms with Crippen LogP contribution in [0.15, 0.2) is 30.3 Å². The lowest BCUT2D eigenvalue weighted by Crippen LogP contribution is -2.16. The molecule has 0 atom stereocenters. The summed E-state index contributed by atoms with van der Waals surface area (Å²) < 4.78 is 17.5. The predicted octanol–water partition coefficient (Wildman–Crippen LogP) is 3.46. The third-order valence-electron chi connectivity index (χ3n) is 4.05. The van der Waals surface area contributed by atoms with E-state index >= 15 is 0 Å². The van der Waals surface area contributed by atoms with E-state index in [1.165, 1.54) is 0 Å². The number of benzene rings is 1. The number of hydrogen-bond donors (Lipinski definition) is 0. The van der Waals surface area contributed by atoms with Crippen molar-refractivity contribution in [2.75, 3.05) is 26.9 Å². The highest BCUT2D eigenvalue weighted by Gasteiger charge is 2.31. The Bertz CT molecular complexity index is 764. The van der Waals surface area contributed by atoms with Gasteiger partial charge in [-0.1, -0.05) is 30.3 Å². The zero-order valence-electron chi connectivity index (χ0n) is 15.7. The van der Waals surface area contributed by atoms with Crippen molar-refractivity contribution < 1.29 is 23.8 Å². The molecule has 0 aliphatic carbocycles. The van der Waals surface area contributed by atoms with E-state index in [0.717, 1.165) is 5.56 Å². The lowest BCUT2D eigenvalue weighted by Gasteiger charge is -2.11. The molecule has 6 heteroatoms. The highest BCUT2D eigenvalue weighted by Crippen LogP contribution is 2.34. The normalized spacial score (nSPS) is 10.6. The molecule has 0 fully saturated rings. The van der Waals surface area contributed by atoms with E-state index in [4.69, 9.17) is 14.2 Å². The van der Waals surface area contributed by atoms with E-state index in [1.807, 2.05) is 30.3 Å². The largest absolute Gasteiger partial charge is 0.462 e. The Morgan fingerprint density at radius 2 is 1.62 bits per heavy atom. The Hall–Kier alpha value is -2.60. The minimum Gasteiger partial charge on any atom is -0.462 e. The van der Waals surface area contributed by atoms with E-state index in [-0.39, 0.29) is 13.2 Å². The van der Waals surface area contributed by atoms with Gasteiger partial charge < -0.3 is 18.8 Å². The van der Waals surface area contributed by atoms with Crippen LogP contribution in [0.4, 0.5) is 0 Å². The van der Waals surface area contributed by atoms with Crippen LogP contribution in [0, 0.1) is 6.92 Å².